The summed E-state index contributed by atoms with van der Waals surface area (Å²) in [6.07, 6.45) is -4.54. The molecule has 7 heteroatoms. The molecular formula is C8H8F3N3O. The van der Waals surface area contributed by atoms with Crippen molar-refractivity contribution in [2.24, 2.45) is 0 Å². The molecule has 0 unspecified atom stereocenters. The highest BCUT2D eigenvalue weighted by molar-refractivity contribution is 5.34. The van der Waals surface area contributed by atoms with Gasteiger partial charge in [0.1, 0.15) is 0 Å². The Kier molecular flexibility index (Phi) is 2.26. The van der Waals surface area contributed by atoms with Crippen molar-refractivity contribution in [1.29, 1.82) is 0 Å². The zero-order valence-corrected chi connectivity index (χ0v) is 7.85. The number of aromatic nitrogens is 2. The van der Waals surface area contributed by atoms with E-state index in [1.807, 2.05) is 0 Å². The van der Waals surface area contributed by atoms with Crippen molar-refractivity contribution in [3.8, 4) is 5.88 Å². The van der Waals surface area contributed by atoms with E-state index in [1.54, 1.807) is 0 Å². The summed E-state index contributed by atoms with van der Waals surface area (Å²) in [5, 5.41) is 2.89. The molecule has 1 aliphatic heterocycles. The average molecular weight is 219 g/mol. The zero-order chi connectivity index (χ0) is 11.1. The van der Waals surface area contributed by atoms with Crippen molar-refractivity contribution in [3.05, 3.63) is 17.1 Å². The van der Waals surface area contributed by atoms with Crippen LogP contribution in [0.5, 0.6) is 5.88 Å². The molecule has 1 N–H and O–H groups in total. The van der Waals surface area contributed by atoms with E-state index in [2.05, 4.69) is 15.3 Å². The van der Waals surface area contributed by atoms with Crippen LogP contribution in [0.1, 0.15) is 17.1 Å². The van der Waals surface area contributed by atoms with E-state index in [4.69, 9.17) is 4.74 Å². The highest BCUT2D eigenvalue weighted by Crippen LogP contribution is 2.31. The van der Waals surface area contributed by atoms with Gasteiger partial charge in [-0.15, -0.1) is 0 Å². The second-order valence-electron chi connectivity index (χ2n) is 3.08. The molecule has 0 saturated heterocycles. The summed E-state index contributed by atoms with van der Waals surface area (Å²) >= 11 is 0. The molecule has 2 rings (SSSR count). The van der Waals surface area contributed by atoms with Crippen LogP contribution in [0.25, 0.3) is 0 Å². The molecule has 0 amide bonds. The van der Waals surface area contributed by atoms with E-state index in [0.717, 1.165) is 0 Å². The van der Waals surface area contributed by atoms with Gasteiger partial charge >= 0.3 is 6.18 Å². The Labute approximate surface area is 83.5 Å². The lowest BCUT2D eigenvalue weighted by atomic mass is 10.2. The smallest absolute Gasteiger partial charge is 0.451 e. The summed E-state index contributed by atoms with van der Waals surface area (Å²) in [6, 6.07) is 0. The summed E-state index contributed by atoms with van der Waals surface area (Å²) in [5.41, 5.74) is 0.958. The van der Waals surface area contributed by atoms with Crippen LogP contribution in [-0.2, 0) is 19.3 Å². The van der Waals surface area contributed by atoms with E-state index >= 15 is 0 Å². The molecule has 15 heavy (non-hydrogen) atoms. The van der Waals surface area contributed by atoms with E-state index < -0.39 is 12.0 Å². The van der Waals surface area contributed by atoms with Crippen molar-refractivity contribution >= 4 is 0 Å². The Bertz CT molecular complexity index is 391. The minimum absolute atomic E-state index is 0.00248. The van der Waals surface area contributed by atoms with Gasteiger partial charge in [-0.05, 0) is 0 Å². The van der Waals surface area contributed by atoms with Crippen LogP contribution in [-0.4, -0.2) is 17.1 Å². The number of hydrogen-bond donors (Lipinski definition) is 1. The largest absolute Gasteiger partial charge is 0.481 e. The molecule has 0 radical (unpaired) electrons. The number of nitrogens with zero attached hydrogens (tertiary/aromatic N) is 2. The summed E-state index contributed by atoms with van der Waals surface area (Å²) in [4.78, 5) is 6.79. The molecule has 1 aromatic rings. The number of ether oxygens (including phenoxy) is 1. The Morgan fingerprint density at radius 2 is 2.00 bits per heavy atom. The van der Waals surface area contributed by atoms with Crippen molar-refractivity contribution in [2.75, 3.05) is 7.11 Å². The van der Waals surface area contributed by atoms with Gasteiger partial charge in [0.2, 0.25) is 11.7 Å². The highest BCUT2D eigenvalue weighted by Gasteiger charge is 2.37. The highest BCUT2D eigenvalue weighted by atomic mass is 19.4. The minimum Gasteiger partial charge on any atom is -0.481 e. The number of methoxy groups -OCH3 is 1. The van der Waals surface area contributed by atoms with Crippen molar-refractivity contribution in [2.45, 2.75) is 19.3 Å². The molecule has 1 aliphatic rings. The summed E-state index contributed by atoms with van der Waals surface area (Å²) in [5.74, 6) is -1.15. The lowest BCUT2D eigenvalue weighted by Gasteiger charge is -2.09. The summed E-state index contributed by atoms with van der Waals surface area (Å²) in [7, 11) is 1.29. The SMILES string of the molecule is COc1nc(C(F)(F)F)nc2c1CNC2. The van der Waals surface area contributed by atoms with Crippen LogP contribution < -0.4 is 10.1 Å². The minimum atomic E-state index is -4.54. The number of rotatable bonds is 1. The zero-order valence-electron chi connectivity index (χ0n) is 7.85. The van der Waals surface area contributed by atoms with Gasteiger partial charge in [0.15, 0.2) is 0 Å². The van der Waals surface area contributed by atoms with Crippen LogP contribution in [0.15, 0.2) is 0 Å². The Morgan fingerprint density at radius 3 is 2.60 bits per heavy atom. The first-order valence-electron chi connectivity index (χ1n) is 4.24. The number of halogens is 3. The Hall–Kier alpha value is -1.37. The van der Waals surface area contributed by atoms with Crippen LogP contribution in [0.4, 0.5) is 13.2 Å². The second kappa shape index (κ2) is 3.34. The molecule has 0 aliphatic carbocycles. The summed E-state index contributed by atoms with van der Waals surface area (Å²) < 4.78 is 41.9. The van der Waals surface area contributed by atoms with Crippen LogP contribution >= 0.6 is 0 Å². The molecule has 0 aromatic carbocycles. The fourth-order valence-corrected chi connectivity index (χ4v) is 1.43. The van der Waals surface area contributed by atoms with Crippen LogP contribution in [0.2, 0.25) is 0 Å². The van der Waals surface area contributed by atoms with E-state index in [-0.39, 0.29) is 5.88 Å². The normalized spacial score (nSPS) is 15.2. The third kappa shape index (κ3) is 1.74. The predicted octanol–water partition coefficient (Wildman–Crippen LogP) is 1.11. The van der Waals surface area contributed by atoms with E-state index in [0.29, 0.717) is 24.3 Å². The fraction of sp³-hybridized carbons (Fsp3) is 0.500. The third-order valence-corrected chi connectivity index (χ3v) is 2.10. The van der Waals surface area contributed by atoms with Gasteiger partial charge in [-0.1, -0.05) is 0 Å². The second-order valence-corrected chi connectivity index (χ2v) is 3.08. The van der Waals surface area contributed by atoms with Crippen LogP contribution in [0.3, 0.4) is 0 Å². The Morgan fingerprint density at radius 1 is 1.27 bits per heavy atom. The van der Waals surface area contributed by atoms with Crippen molar-refractivity contribution in [1.82, 2.24) is 15.3 Å². The molecule has 2 heterocycles. The van der Waals surface area contributed by atoms with Gasteiger partial charge in [-0.3, -0.25) is 0 Å². The lowest BCUT2D eigenvalue weighted by Crippen LogP contribution is -2.14. The number of hydrogen-bond acceptors (Lipinski definition) is 4. The number of nitrogens with one attached hydrogen (secondary N) is 1. The molecule has 0 fully saturated rings. The Balaban J connectivity index is 2.53. The van der Waals surface area contributed by atoms with Crippen LogP contribution in [0, 0.1) is 0 Å². The van der Waals surface area contributed by atoms with Gasteiger partial charge in [-0.25, -0.2) is 4.98 Å². The first-order chi connectivity index (χ1) is 7.02. The maximum Gasteiger partial charge on any atom is 0.451 e. The topological polar surface area (TPSA) is 47.0 Å². The van der Waals surface area contributed by atoms with Gasteiger partial charge in [0.05, 0.1) is 18.4 Å². The summed E-state index contributed by atoms with van der Waals surface area (Å²) in [6.45, 7) is 0.758. The maximum atomic E-state index is 12.4. The third-order valence-electron chi connectivity index (χ3n) is 2.10. The monoisotopic (exact) mass is 219 g/mol. The van der Waals surface area contributed by atoms with Gasteiger partial charge in [0, 0.05) is 13.1 Å². The standard InChI is InChI=1S/C8H8F3N3O/c1-15-6-4-2-12-3-5(4)13-7(14-6)8(9,10)11/h12H,2-3H2,1H3. The van der Waals surface area contributed by atoms with Crippen molar-refractivity contribution < 1.29 is 17.9 Å². The average Bonchev–Trinajstić information content (AvgIpc) is 2.62. The number of alkyl halides is 3. The van der Waals surface area contributed by atoms with Gasteiger partial charge in [-0.2, -0.15) is 18.2 Å². The molecule has 0 bridgehead atoms. The number of fused-ring (bicyclic) bond motifs is 1. The predicted molar refractivity (Wildman–Crippen MR) is 44.1 cm³/mol. The first-order valence-corrected chi connectivity index (χ1v) is 4.24. The molecule has 0 spiro atoms. The molecular weight excluding hydrogens is 211 g/mol. The van der Waals surface area contributed by atoms with Gasteiger partial charge < -0.3 is 10.1 Å². The maximum absolute atomic E-state index is 12.4. The molecule has 1 aromatic heterocycles. The van der Waals surface area contributed by atoms with Gasteiger partial charge in [0.25, 0.3) is 0 Å². The van der Waals surface area contributed by atoms with Crippen molar-refractivity contribution in [3.63, 3.8) is 0 Å². The fourth-order valence-electron chi connectivity index (χ4n) is 1.43. The molecule has 82 valence electrons. The lowest BCUT2D eigenvalue weighted by molar-refractivity contribution is -0.145. The molecule has 0 atom stereocenters. The quantitative estimate of drug-likeness (QED) is 0.768. The van der Waals surface area contributed by atoms with E-state index in [9.17, 15) is 13.2 Å². The first kappa shape index (κ1) is 10.2. The molecule has 0 saturated carbocycles. The van der Waals surface area contributed by atoms with E-state index in [1.165, 1.54) is 7.11 Å². The molecule has 4 nitrogen and oxygen atoms in total.